The molecule has 26 heavy (non-hydrogen) atoms. The zero-order valence-corrected chi connectivity index (χ0v) is 15.2. The number of hydrogen-bond acceptors (Lipinski definition) is 2. The van der Waals surface area contributed by atoms with Gasteiger partial charge in [0.2, 0.25) is 5.91 Å². The molecule has 2 aromatic rings. The molecule has 0 saturated carbocycles. The van der Waals surface area contributed by atoms with Gasteiger partial charge in [-0.1, -0.05) is 43.3 Å². The summed E-state index contributed by atoms with van der Waals surface area (Å²) in [5.41, 5.74) is 10.4. The predicted octanol–water partition coefficient (Wildman–Crippen LogP) is 3.30. The number of nitrogens with two attached hydrogens (primary N) is 1. The Morgan fingerprint density at radius 1 is 1.15 bits per heavy atom. The number of carbonyl (C=O) groups excluding carboxylic acids is 1. The number of likely N-dealkylation sites (tertiary alicyclic amines) is 1. The van der Waals surface area contributed by atoms with Crippen LogP contribution in [0.5, 0.6) is 0 Å². The quantitative estimate of drug-likeness (QED) is 0.620. The Kier molecular flexibility index (Phi) is 5.89. The molecule has 1 amide bonds. The minimum atomic E-state index is 0.246. The van der Waals surface area contributed by atoms with Gasteiger partial charge in [-0.25, -0.2) is 4.99 Å². The summed E-state index contributed by atoms with van der Waals surface area (Å²) in [6.45, 7) is 4.17. The molecule has 0 bridgehead atoms. The summed E-state index contributed by atoms with van der Waals surface area (Å²) >= 11 is 0. The highest BCUT2D eigenvalue weighted by molar-refractivity contribution is 5.92. The van der Waals surface area contributed by atoms with Crippen molar-refractivity contribution < 1.29 is 4.79 Å². The molecule has 5 nitrogen and oxygen atoms in total. The standard InChI is InChI=1S/C21H26N4O/c1-2-16-8-10-19(11-9-16)24-21(22)23-14-17-5-3-6-18(13-17)15-25-12-4-7-20(25)26/h3,5-6,8-11,13H,2,4,7,12,14-15H2,1H3,(H3,22,23,24). The van der Waals surface area contributed by atoms with E-state index in [1.54, 1.807) is 0 Å². The van der Waals surface area contributed by atoms with E-state index in [0.29, 0.717) is 25.5 Å². The smallest absolute Gasteiger partial charge is 0.222 e. The fourth-order valence-corrected chi connectivity index (χ4v) is 3.11. The average Bonchev–Trinajstić information content (AvgIpc) is 3.06. The molecule has 1 aliphatic heterocycles. The molecule has 1 heterocycles. The second-order valence-corrected chi connectivity index (χ2v) is 6.62. The molecule has 3 N–H and O–H groups in total. The Labute approximate surface area is 154 Å². The van der Waals surface area contributed by atoms with Crippen molar-refractivity contribution in [1.82, 2.24) is 4.90 Å². The summed E-state index contributed by atoms with van der Waals surface area (Å²) < 4.78 is 0. The average molecular weight is 350 g/mol. The van der Waals surface area contributed by atoms with Crippen LogP contribution in [0.25, 0.3) is 0 Å². The number of nitrogens with one attached hydrogen (secondary N) is 1. The molecule has 1 aliphatic rings. The SMILES string of the molecule is CCc1ccc(NC(N)=NCc2cccc(CN3CCCC3=O)c2)cc1. The van der Waals surface area contributed by atoms with Crippen molar-refractivity contribution in [3.05, 3.63) is 65.2 Å². The first kappa shape index (κ1) is 18.0. The molecule has 0 spiro atoms. The topological polar surface area (TPSA) is 70.7 Å². The van der Waals surface area contributed by atoms with Crippen molar-refractivity contribution in [3.63, 3.8) is 0 Å². The van der Waals surface area contributed by atoms with Gasteiger partial charge in [-0.3, -0.25) is 4.79 Å². The van der Waals surface area contributed by atoms with Crippen LogP contribution in [0.15, 0.2) is 53.5 Å². The van der Waals surface area contributed by atoms with E-state index in [9.17, 15) is 4.79 Å². The molecule has 0 aromatic heterocycles. The number of amides is 1. The lowest BCUT2D eigenvalue weighted by Gasteiger charge is -2.15. The summed E-state index contributed by atoms with van der Waals surface area (Å²) in [6, 6.07) is 16.4. The lowest BCUT2D eigenvalue weighted by molar-refractivity contribution is -0.128. The van der Waals surface area contributed by atoms with Crippen LogP contribution in [-0.4, -0.2) is 23.3 Å². The first-order chi connectivity index (χ1) is 12.6. The van der Waals surface area contributed by atoms with E-state index in [1.807, 2.05) is 29.2 Å². The molecule has 1 fully saturated rings. The minimum Gasteiger partial charge on any atom is -0.370 e. The van der Waals surface area contributed by atoms with E-state index >= 15 is 0 Å². The molecular formula is C21H26N4O. The monoisotopic (exact) mass is 350 g/mol. The summed E-state index contributed by atoms with van der Waals surface area (Å²) in [4.78, 5) is 18.1. The molecular weight excluding hydrogens is 324 g/mol. The number of nitrogens with zero attached hydrogens (tertiary/aromatic N) is 2. The van der Waals surface area contributed by atoms with Crippen LogP contribution in [0, 0.1) is 0 Å². The van der Waals surface area contributed by atoms with Gasteiger partial charge < -0.3 is 16.0 Å². The second-order valence-electron chi connectivity index (χ2n) is 6.62. The maximum absolute atomic E-state index is 11.8. The Hall–Kier alpha value is -2.82. The summed E-state index contributed by atoms with van der Waals surface area (Å²) in [7, 11) is 0. The molecule has 0 aliphatic carbocycles. The predicted molar refractivity (Wildman–Crippen MR) is 106 cm³/mol. The fraction of sp³-hybridized carbons (Fsp3) is 0.333. The molecule has 136 valence electrons. The second kappa shape index (κ2) is 8.52. The van der Waals surface area contributed by atoms with Gasteiger partial charge in [0.1, 0.15) is 0 Å². The lowest BCUT2D eigenvalue weighted by atomic mass is 10.1. The molecule has 0 unspecified atom stereocenters. The Morgan fingerprint density at radius 2 is 1.92 bits per heavy atom. The van der Waals surface area contributed by atoms with Crippen LogP contribution in [0.4, 0.5) is 5.69 Å². The highest BCUT2D eigenvalue weighted by Gasteiger charge is 2.19. The van der Waals surface area contributed by atoms with Crippen molar-refractivity contribution >= 4 is 17.6 Å². The first-order valence-electron chi connectivity index (χ1n) is 9.15. The van der Waals surface area contributed by atoms with Crippen LogP contribution in [0.3, 0.4) is 0 Å². The molecule has 5 heteroatoms. The van der Waals surface area contributed by atoms with Gasteiger partial charge in [-0.15, -0.1) is 0 Å². The Bertz CT molecular complexity index is 783. The zero-order valence-electron chi connectivity index (χ0n) is 15.2. The number of aliphatic imine (C=N–C) groups is 1. The summed E-state index contributed by atoms with van der Waals surface area (Å²) in [5, 5.41) is 3.12. The van der Waals surface area contributed by atoms with Gasteiger partial charge >= 0.3 is 0 Å². The largest absolute Gasteiger partial charge is 0.370 e. The normalized spacial score (nSPS) is 14.7. The van der Waals surface area contributed by atoms with Crippen LogP contribution >= 0.6 is 0 Å². The molecule has 3 rings (SSSR count). The molecule has 0 radical (unpaired) electrons. The molecule has 1 saturated heterocycles. The van der Waals surface area contributed by atoms with Gasteiger partial charge in [0, 0.05) is 25.2 Å². The van der Waals surface area contributed by atoms with E-state index in [4.69, 9.17) is 5.73 Å². The third-order valence-corrected chi connectivity index (χ3v) is 4.60. The van der Waals surface area contributed by atoms with Crippen molar-refractivity contribution in [2.75, 3.05) is 11.9 Å². The summed E-state index contributed by atoms with van der Waals surface area (Å²) in [6.07, 6.45) is 2.65. The third-order valence-electron chi connectivity index (χ3n) is 4.60. The van der Waals surface area contributed by atoms with E-state index in [1.165, 1.54) is 5.56 Å². The maximum Gasteiger partial charge on any atom is 0.222 e. The summed E-state index contributed by atoms with van der Waals surface area (Å²) in [5.74, 6) is 0.644. The van der Waals surface area contributed by atoms with Crippen molar-refractivity contribution in [1.29, 1.82) is 0 Å². The Morgan fingerprint density at radius 3 is 2.62 bits per heavy atom. The van der Waals surface area contributed by atoms with Gasteiger partial charge in [0.15, 0.2) is 5.96 Å². The first-order valence-corrected chi connectivity index (χ1v) is 9.15. The van der Waals surface area contributed by atoms with E-state index in [0.717, 1.165) is 36.2 Å². The van der Waals surface area contributed by atoms with Crippen molar-refractivity contribution in [2.45, 2.75) is 39.3 Å². The number of carbonyl (C=O) groups is 1. The fourth-order valence-electron chi connectivity index (χ4n) is 3.11. The van der Waals surface area contributed by atoms with E-state index in [2.05, 4.69) is 41.5 Å². The zero-order chi connectivity index (χ0) is 18.4. The lowest BCUT2D eigenvalue weighted by Crippen LogP contribution is -2.24. The van der Waals surface area contributed by atoms with E-state index in [-0.39, 0.29) is 5.91 Å². The number of rotatable bonds is 6. The minimum absolute atomic E-state index is 0.246. The van der Waals surface area contributed by atoms with E-state index < -0.39 is 0 Å². The van der Waals surface area contributed by atoms with Gasteiger partial charge in [-0.2, -0.15) is 0 Å². The molecule has 0 atom stereocenters. The van der Waals surface area contributed by atoms with Crippen LogP contribution in [0.2, 0.25) is 0 Å². The number of benzene rings is 2. The van der Waals surface area contributed by atoms with Crippen molar-refractivity contribution in [2.24, 2.45) is 10.7 Å². The number of aryl methyl sites for hydroxylation is 1. The highest BCUT2D eigenvalue weighted by Crippen LogP contribution is 2.15. The highest BCUT2D eigenvalue weighted by atomic mass is 16.2. The Balaban J connectivity index is 1.58. The van der Waals surface area contributed by atoms with Gasteiger partial charge in [0.05, 0.1) is 6.54 Å². The van der Waals surface area contributed by atoms with Crippen LogP contribution in [-0.2, 0) is 24.3 Å². The van der Waals surface area contributed by atoms with Crippen molar-refractivity contribution in [3.8, 4) is 0 Å². The van der Waals surface area contributed by atoms with Crippen LogP contribution in [0.1, 0.15) is 36.5 Å². The number of anilines is 1. The molecule has 2 aromatic carbocycles. The maximum atomic E-state index is 11.8. The van der Waals surface area contributed by atoms with Gasteiger partial charge in [-0.05, 0) is 41.7 Å². The van der Waals surface area contributed by atoms with Crippen LogP contribution < -0.4 is 11.1 Å². The van der Waals surface area contributed by atoms with Gasteiger partial charge in [0.25, 0.3) is 0 Å². The number of guanidine groups is 1. The number of hydrogen-bond donors (Lipinski definition) is 2. The third kappa shape index (κ3) is 4.85.